The van der Waals surface area contributed by atoms with E-state index in [2.05, 4.69) is 20.7 Å². The fourth-order valence-electron chi connectivity index (χ4n) is 2.88. The summed E-state index contributed by atoms with van der Waals surface area (Å²) in [6.07, 6.45) is 4.82. The van der Waals surface area contributed by atoms with Crippen LogP contribution in [0.4, 0.5) is 0 Å². The summed E-state index contributed by atoms with van der Waals surface area (Å²) in [5, 5.41) is 11.0. The molecular weight excluding hydrogens is 463 g/mol. The van der Waals surface area contributed by atoms with E-state index in [9.17, 15) is 4.79 Å². The van der Waals surface area contributed by atoms with Crippen LogP contribution in [-0.4, -0.2) is 67.4 Å². The van der Waals surface area contributed by atoms with E-state index in [0.717, 1.165) is 63.5 Å². The van der Waals surface area contributed by atoms with Crippen LogP contribution in [0.1, 0.15) is 31.5 Å². The highest BCUT2D eigenvalue weighted by Crippen LogP contribution is 2.09. The SMILES string of the molecule is CN=C(NCCCOCCOC)NCCCn1nc2n(c1=O)CCCC2.I. The van der Waals surface area contributed by atoms with Gasteiger partial charge in [-0.1, -0.05) is 0 Å². The van der Waals surface area contributed by atoms with Crippen LogP contribution in [0, 0.1) is 0 Å². The number of halogens is 1. The van der Waals surface area contributed by atoms with Crippen LogP contribution in [0.3, 0.4) is 0 Å². The Bertz CT molecular complexity index is 616. The number of guanidine groups is 1. The maximum atomic E-state index is 12.3. The van der Waals surface area contributed by atoms with Gasteiger partial charge in [0.25, 0.3) is 0 Å². The van der Waals surface area contributed by atoms with Crippen molar-refractivity contribution in [3.63, 3.8) is 0 Å². The summed E-state index contributed by atoms with van der Waals surface area (Å²) in [5.41, 5.74) is 0.0238. The van der Waals surface area contributed by atoms with E-state index in [-0.39, 0.29) is 29.7 Å². The van der Waals surface area contributed by atoms with Crippen LogP contribution in [0.25, 0.3) is 0 Å². The third kappa shape index (κ3) is 8.18. The molecule has 2 heterocycles. The molecule has 0 saturated carbocycles. The number of rotatable bonds is 11. The van der Waals surface area contributed by atoms with Crippen LogP contribution < -0.4 is 16.3 Å². The van der Waals surface area contributed by atoms with Crippen molar-refractivity contribution in [3.8, 4) is 0 Å². The minimum absolute atomic E-state index is 0. The molecular formula is C17H33IN6O3. The lowest BCUT2D eigenvalue weighted by molar-refractivity contribution is 0.0698. The van der Waals surface area contributed by atoms with Crippen molar-refractivity contribution in [2.75, 3.05) is 47.1 Å². The number of ether oxygens (including phenoxy) is 2. The molecule has 1 aromatic heterocycles. The molecule has 0 spiro atoms. The Hall–Kier alpha value is -1.14. The lowest BCUT2D eigenvalue weighted by Gasteiger charge is -2.11. The molecule has 27 heavy (non-hydrogen) atoms. The summed E-state index contributed by atoms with van der Waals surface area (Å²) in [6, 6.07) is 0. The first kappa shape index (κ1) is 23.9. The van der Waals surface area contributed by atoms with Gasteiger partial charge in [0, 0.05) is 53.4 Å². The van der Waals surface area contributed by atoms with E-state index in [1.165, 1.54) is 0 Å². The third-order valence-electron chi connectivity index (χ3n) is 4.28. The highest BCUT2D eigenvalue weighted by atomic mass is 127. The molecule has 0 radical (unpaired) electrons. The van der Waals surface area contributed by atoms with Crippen molar-refractivity contribution in [1.29, 1.82) is 0 Å². The first-order valence-electron chi connectivity index (χ1n) is 9.44. The van der Waals surface area contributed by atoms with E-state index in [0.29, 0.717) is 26.4 Å². The molecule has 0 amide bonds. The number of methoxy groups -OCH3 is 1. The van der Waals surface area contributed by atoms with E-state index in [1.807, 2.05) is 4.57 Å². The topological polar surface area (TPSA) is 94.7 Å². The zero-order valence-corrected chi connectivity index (χ0v) is 18.7. The average molecular weight is 496 g/mol. The highest BCUT2D eigenvalue weighted by molar-refractivity contribution is 14.0. The zero-order valence-electron chi connectivity index (χ0n) is 16.4. The molecule has 2 rings (SSSR count). The van der Waals surface area contributed by atoms with E-state index in [1.54, 1.807) is 18.8 Å². The predicted octanol–water partition coefficient (Wildman–Crippen LogP) is 0.607. The largest absolute Gasteiger partial charge is 0.382 e. The van der Waals surface area contributed by atoms with Gasteiger partial charge in [0.1, 0.15) is 5.82 Å². The Morgan fingerprint density at radius 2 is 1.96 bits per heavy atom. The second kappa shape index (κ2) is 13.9. The number of nitrogens with zero attached hydrogens (tertiary/aromatic N) is 4. The maximum Gasteiger partial charge on any atom is 0.345 e. The summed E-state index contributed by atoms with van der Waals surface area (Å²) in [7, 11) is 3.41. The van der Waals surface area contributed by atoms with Crippen LogP contribution in [-0.2, 0) is 29.0 Å². The smallest absolute Gasteiger partial charge is 0.345 e. The molecule has 1 aliphatic heterocycles. The molecule has 0 saturated heterocycles. The third-order valence-corrected chi connectivity index (χ3v) is 4.28. The fraction of sp³-hybridized carbons (Fsp3) is 0.824. The van der Waals surface area contributed by atoms with E-state index < -0.39 is 0 Å². The maximum absolute atomic E-state index is 12.3. The van der Waals surface area contributed by atoms with Gasteiger partial charge >= 0.3 is 5.69 Å². The minimum atomic E-state index is 0. The molecule has 0 unspecified atom stereocenters. The van der Waals surface area contributed by atoms with Gasteiger partial charge in [0.2, 0.25) is 0 Å². The van der Waals surface area contributed by atoms with Crippen molar-refractivity contribution >= 4 is 29.9 Å². The standard InChI is InChI=1S/C17H32N6O3.HI/c1-18-16(20-9-6-12-26-14-13-25-2)19-8-5-11-23-17(24)22-10-4-3-7-15(22)21-23;/h3-14H2,1-2H3,(H2,18,19,20);1H. The van der Waals surface area contributed by atoms with E-state index in [4.69, 9.17) is 9.47 Å². The molecule has 1 aromatic rings. The number of nitrogens with one attached hydrogen (secondary N) is 2. The Morgan fingerprint density at radius 1 is 1.19 bits per heavy atom. The Balaban J connectivity index is 0.00000364. The molecule has 0 aliphatic carbocycles. The number of aromatic nitrogens is 3. The Labute approximate surface area is 177 Å². The van der Waals surface area contributed by atoms with Crippen molar-refractivity contribution in [2.45, 2.75) is 45.2 Å². The summed E-state index contributed by atoms with van der Waals surface area (Å²) in [5.74, 6) is 1.69. The predicted molar refractivity (Wildman–Crippen MR) is 116 cm³/mol. The van der Waals surface area contributed by atoms with E-state index >= 15 is 0 Å². The van der Waals surface area contributed by atoms with Gasteiger partial charge in [-0.15, -0.1) is 24.0 Å². The van der Waals surface area contributed by atoms with Gasteiger partial charge in [-0.05, 0) is 25.7 Å². The van der Waals surface area contributed by atoms with Gasteiger partial charge in [-0.2, -0.15) is 5.10 Å². The van der Waals surface area contributed by atoms with Gasteiger partial charge < -0.3 is 20.1 Å². The number of fused-ring (bicyclic) bond motifs is 1. The molecule has 2 N–H and O–H groups in total. The molecule has 0 atom stereocenters. The van der Waals surface area contributed by atoms with Crippen molar-refractivity contribution in [3.05, 3.63) is 16.3 Å². The van der Waals surface area contributed by atoms with Gasteiger partial charge in [0.05, 0.1) is 13.2 Å². The number of hydrogen-bond donors (Lipinski definition) is 2. The van der Waals surface area contributed by atoms with Crippen LogP contribution in [0.15, 0.2) is 9.79 Å². The zero-order chi connectivity index (χ0) is 18.6. The number of hydrogen-bond acceptors (Lipinski definition) is 5. The summed E-state index contributed by atoms with van der Waals surface area (Å²) < 4.78 is 13.7. The van der Waals surface area contributed by atoms with Gasteiger partial charge in [-0.3, -0.25) is 9.56 Å². The minimum Gasteiger partial charge on any atom is -0.382 e. The van der Waals surface area contributed by atoms with Crippen LogP contribution >= 0.6 is 24.0 Å². The summed E-state index contributed by atoms with van der Waals surface area (Å²) in [6.45, 7) is 4.90. The van der Waals surface area contributed by atoms with Gasteiger partial charge in [-0.25, -0.2) is 9.48 Å². The lowest BCUT2D eigenvalue weighted by atomic mass is 10.2. The molecule has 0 aromatic carbocycles. The molecule has 9 nitrogen and oxygen atoms in total. The number of aryl methyl sites for hydroxylation is 2. The average Bonchev–Trinajstić information content (AvgIpc) is 2.99. The van der Waals surface area contributed by atoms with Crippen molar-refractivity contribution in [2.24, 2.45) is 4.99 Å². The van der Waals surface area contributed by atoms with Crippen molar-refractivity contribution < 1.29 is 9.47 Å². The first-order chi connectivity index (χ1) is 12.8. The number of aliphatic imine (C=N–C) groups is 1. The normalized spacial score (nSPS) is 13.8. The lowest BCUT2D eigenvalue weighted by Crippen LogP contribution is -2.39. The second-order valence-corrected chi connectivity index (χ2v) is 6.27. The van der Waals surface area contributed by atoms with Crippen LogP contribution in [0.5, 0.6) is 0 Å². The summed E-state index contributed by atoms with van der Waals surface area (Å²) >= 11 is 0. The fourth-order valence-corrected chi connectivity index (χ4v) is 2.88. The second-order valence-electron chi connectivity index (χ2n) is 6.27. The quantitative estimate of drug-likeness (QED) is 0.202. The highest BCUT2D eigenvalue weighted by Gasteiger charge is 2.16. The van der Waals surface area contributed by atoms with Crippen molar-refractivity contribution in [1.82, 2.24) is 25.0 Å². The summed E-state index contributed by atoms with van der Waals surface area (Å²) in [4.78, 5) is 16.4. The first-order valence-corrected chi connectivity index (χ1v) is 9.44. The molecule has 0 fully saturated rings. The molecule has 156 valence electrons. The Morgan fingerprint density at radius 3 is 2.67 bits per heavy atom. The van der Waals surface area contributed by atoms with Gasteiger partial charge in [0.15, 0.2) is 5.96 Å². The monoisotopic (exact) mass is 496 g/mol. The molecule has 1 aliphatic rings. The molecule has 10 heteroatoms. The van der Waals surface area contributed by atoms with Crippen LogP contribution in [0.2, 0.25) is 0 Å². The molecule has 0 bridgehead atoms. The Kier molecular flexibility index (Phi) is 12.3.